The predicted octanol–water partition coefficient (Wildman–Crippen LogP) is 0.557. The van der Waals surface area contributed by atoms with Crippen LogP contribution in [0.2, 0.25) is 5.02 Å². The van der Waals surface area contributed by atoms with Gasteiger partial charge < -0.3 is 14.9 Å². The normalized spacial score (nSPS) is 23.2. The molecule has 0 radical (unpaired) electrons. The summed E-state index contributed by atoms with van der Waals surface area (Å²) in [6.07, 6.45) is -1.15. The summed E-state index contributed by atoms with van der Waals surface area (Å²) in [5, 5.41) is 18.7. The summed E-state index contributed by atoms with van der Waals surface area (Å²) in [5.74, 6) is -0.985. The number of ether oxygens (including phenoxy) is 1. The molecule has 2 N–H and O–H groups in total. The van der Waals surface area contributed by atoms with Crippen molar-refractivity contribution in [3.8, 4) is 5.75 Å². The number of halogens is 1. The highest BCUT2D eigenvalue weighted by atomic mass is 35.5. The summed E-state index contributed by atoms with van der Waals surface area (Å²) < 4.78 is 30.7. The Morgan fingerprint density at radius 1 is 1.48 bits per heavy atom. The van der Waals surface area contributed by atoms with Crippen molar-refractivity contribution in [2.24, 2.45) is 0 Å². The number of aliphatic hydroxyl groups excluding tert-OH is 1. The molecule has 1 heterocycles. The van der Waals surface area contributed by atoms with Gasteiger partial charge in [-0.05, 0) is 18.2 Å². The number of β-amino-alcohol motifs (C(OH)–C–C–N with tert-alkyl or cyclic N) is 1. The molecule has 1 aromatic rings. The van der Waals surface area contributed by atoms with Gasteiger partial charge in [-0.3, -0.25) is 4.79 Å². The van der Waals surface area contributed by atoms with E-state index in [0.717, 1.165) is 4.31 Å². The van der Waals surface area contributed by atoms with E-state index in [4.69, 9.17) is 21.4 Å². The molecule has 0 spiro atoms. The minimum Gasteiger partial charge on any atom is -0.495 e. The molecule has 2 atom stereocenters. The zero-order valence-corrected chi connectivity index (χ0v) is 12.6. The van der Waals surface area contributed by atoms with Crippen LogP contribution in [0.4, 0.5) is 0 Å². The van der Waals surface area contributed by atoms with Gasteiger partial charge in [-0.25, -0.2) is 8.42 Å². The molecule has 1 fully saturated rings. The SMILES string of the molecule is COc1ccc(S(=O)(=O)N2C[C@H](O)C[C@@H]2C(=O)O)cc1Cl. The predicted molar refractivity (Wildman–Crippen MR) is 73.9 cm³/mol. The molecule has 0 saturated carbocycles. The van der Waals surface area contributed by atoms with E-state index in [1.54, 1.807) is 0 Å². The second-order valence-electron chi connectivity index (χ2n) is 4.61. The Hall–Kier alpha value is -1.35. The van der Waals surface area contributed by atoms with Crippen LogP contribution in [-0.2, 0) is 14.8 Å². The van der Waals surface area contributed by atoms with Crippen LogP contribution >= 0.6 is 11.6 Å². The average molecular weight is 336 g/mol. The molecular weight excluding hydrogens is 322 g/mol. The number of nitrogens with zero attached hydrogens (tertiary/aromatic N) is 1. The molecule has 1 saturated heterocycles. The van der Waals surface area contributed by atoms with Crippen LogP contribution in [0.5, 0.6) is 5.75 Å². The van der Waals surface area contributed by atoms with Gasteiger partial charge in [0.25, 0.3) is 0 Å². The molecule has 0 aliphatic carbocycles. The fourth-order valence-electron chi connectivity index (χ4n) is 2.22. The topological polar surface area (TPSA) is 104 Å². The van der Waals surface area contributed by atoms with E-state index < -0.39 is 28.1 Å². The fraction of sp³-hybridized carbons (Fsp3) is 0.417. The van der Waals surface area contributed by atoms with Gasteiger partial charge in [0.15, 0.2) is 0 Å². The molecule has 0 unspecified atom stereocenters. The zero-order chi connectivity index (χ0) is 15.8. The zero-order valence-electron chi connectivity index (χ0n) is 11.1. The largest absolute Gasteiger partial charge is 0.495 e. The van der Waals surface area contributed by atoms with Gasteiger partial charge in [-0.15, -0.1) is 0 Å². The molecule has 0 bridgehead atoms. The van der Waals surface area contributed by atoms with E-state index in [0.29, 0.717) is 5.75 Å². The molecule has 7 nitrogen and oxygen atoms in total. The second kappa shape index (κ2) is 5.80. The van der Waals surface area contributed by atoms with Crippen LogP contribution in [0.15, 0.2) is 23.1 Å². The Labute approximate surface area is 126 Å². The minimum absolute atomic E-state index is 0.102. The van der Waals surface area contributed by atoms with Crippen molar-refractivity contribution >= 4 is 27.6 Å². The lowest BCUT2D eigenvalue weighted by atomic mass is 10.2. The van der Waals surface area contributed by atoms with Crippen molar-refractivity contribution in [1.29, 1.82) is 0 Å². The first kappa shape index (κ1) is 16.0. The number of hydrogen-bond acceptors (Lipinski definition) is 5. The summed E-state index contributed by atoms with van der Waals surface area (Å²) in [7, 11) is -2.67. The number of aliphatic carboxylic acids is 1. The van der Waals surface area contributed by atoms with Crippen LogP contribution < -0.4 is 4.74 Å². The lowest BCUT2D eigenvalue weighted by Gasteiger charge is -2.21. The Morgan fingerprint density at radius 3 is 2.67 bits per heavy atom. The Kier molecular flexibility index (Phi) is 4.43. The van der Waals surface area contributed by atoms with Gasteiger partial charge in [-0.1, -0.05) is 11.6 Å². The molecular formula is C12H14ClNO6S. The third-order valence-corrected chi connectivity index (χ3v) is 5.41. The van der Waals surface area contributed by atoms with E-state index >= 15 is 0 Å². The molecule has 116 valence electrons. The molecule has 1 aliphatic rings. The van der Waals surface area contributed by atoms with Crippen LogP contribution in [-0.4, -0.2) is 54.7 Å². The van der Waals surface area contributed by atoms with Crippen molar-refractivity contribution < 1.29 is 28.2 Å². The summed E-state index contributed by atoms with van der Waals surface area (Å²) in [5.41, 5.74) is 0. The second-order valence-corrected chi connectivity index (χ2v) is 6.91. The van der Waals surface area contributed by atoms with Crippen molar-refractivity contribution in [1.82, 2.24) is 4.31 Å². The number of benzene rings is 1. The molecule has 9 heteroatoms. The molecule has 0 amide bonds. The number of carboxylic acid groups (broad SMARTS) is 1. The number of carbonyl (C=O) groups is 1. The third-order valence-electron chi connectivity index (χ3n) is 3.25. The number of aliphatic hydroxyl groups is 1. The van der Waals surface area contributed by atoms with E-state index in [1.807, 2.05) is 0 Å². The van der Waals surface area contributed by atoms with Gasteiger partial charge >= 0.3 is 5.97 Å². The van der Waals surface area contributed by atoms with E-state index in [-0.39, 0.29) is 22.9 Å². The van der Waals surface area contributed by atoms with Gasteiger partial charge in [0, 0.05) is 13.0 Å². The lowest BCUT2D eigenvalue weighted by Crippen LogP contribution is -2.40. The summed E-state index contributed by atoms with van der Waals surface area (Å²) in [6.45, 7) is -0.261. The molecule has 21 heavy (non-hydrogen) atoms. The maximum Gasteiger partial charge on any atom is 0.322 e. The highest BCUT2D eigenvalue weighted by molar-refractivity contribution is 7.89. The van der Waals surface area contributed by atoms with E-state index in [9.17, 15) is 18.3 Å². The molecule has 1 aromatic carbocycles. The van der Waals surface area contributed by atoms with Crippen LogP contribution in [0, 0.1) is 0 Å². The lowest BCUT2D eigenvalue weighted by molar-refractivity contribution is -0.140. The first-order valence-electron chi connectivity index (χ1n) is 6.03. The molecule has 1 aliphatic heterocycles. The Morgan fingerprint density at radius 2 is 2.14 bits per heavy atom. The highest BCUT2D eigenvalue weighted by Gasteiger charge is 2.43. The van der Waals surface area contributed by atoms with Crippen molar-refractivity contribution in [2.45, 2.75) is 23.5 Å². The van der Waals surface area contributed by atoms with Crippen molar-refractivity contribution in [2.75, 3.05) is 13.7 Å². The van der Waals surface area contributed by atoms with E-state index in [1.165, 1.54) is 25.3 Å². The number of hydrogen-bond donors (Lipinski definition) is 2. The van der Waals surface area contributed by atoms with Gasteiger partial charge in [0.2, 0.25) is 10.0 Å². The van der Waals surface area contributed by atoms with Gasteiger partial charge in [-0.2, -0.15) is 4.31 Å². The first-order valence-corrected chi connectivity index (χ1v) is 7.85. The monoisotopic (exact) mass is 335 g/mol. The van der Waals surface area contributed by atoms with Crippen molar-refractivity contribution in [3.05, 3.63) is 23.2 Å². The standard InChI is InChI=1S/C12H14ClNO6S/c1-20-11-3-2-8(5-9(11)13)21(18,19)14-6-7(15)4-10(14)12(16)17/h2-3,5,7,10,15H,4,6H2,1H3,(H,16,17)/t7-,10-/m1/s1. The number of sulfonamides is 1. The maximum absolute atomic E-state index is 12.5. The van der Waals surface area contributed by atoms with Crippen LogP contribution in [0.3, 0.4) is 0 Å². The number of methoxy groups -OCH3 is 1. The quantitative estimate of drug-likeness (QED) is 0.833. The summed E-state index contributed by atoms with van der Waals surface area (Å²) in [4.78, 5) is 11.0. The Bertz CT molecular complexity index is 662. The third kappa shape index (κ3) is 2.98. The first-order chi connectivity index (χ1) is 9.77. The van der Waals surface area contributed by atoms with Crippen LogP contribution in [0.25, 0.3) is 0 Å². The van der Waals surface area contributed by atoms with Crippen LogP contribution in [0.1, 0.15) is 6.42 Å². The molecule has 0 aromatic heterocycles. The number of carboxylic acids is 1. The van der Waals surface area contributed by atoms with Crippen molar-refractivity contribution in [3.63, 3.8) is 0 Å². The highest BCUT2D eigenvalue weighted by Crippen LogP contribution is 2.31. The van der Waals surface area contributed by atoms with E-state index in [2.05, 4.69) is 0 Å². The maximum atomic E-state index is 12.5. The Balaban J connectivity index is 2.42. The van der Waals surface area contributed by atoms with Gasteiger partial charge in [0.05, 0.1) is 23.1 Å². The fourth-order valence-corrected chi connectivity index (χ4v) is 4.20. The minimum atomic E-state index is -4.06. The summed E-state index contributed by atoms with van der Waals surface area (Å²) >= 11 is 5.90. The molecule has 2 rings (SSSR count). The van der Waals surface area contributed by atoms with Gasteiger partial charge in [0.1, 0.15) is 11.8 Å². The summed E-state index contributed by atoms with van der Waals surface area (Å²) in [6, 6.07) is 2.58. The smallest absolute Gasteiger partial charge is 0.322 e. The average Bonchev–Trinajstić information content (AvgIpc) is 2.81. The number of rotatable bonds is 4.